The number of carbonyl (C=O) groups excluding carboxylic acids is 1. The molecule has 0 spiro atoms. The summed E-state index contributed by atoms with van der Waals surface area (Å²) in [5.74, 6) is -2.72. The number of sulfonamides is 1. The van der Waals surface area contributed by atoms with Crippen LogP contribution >= 0.6 is 0 Å². The lowest BCUT2D eigenvalue weighted by Gasteiger charge is -2.12. The Morgan fingerprint density at radius 2 is 1.83 bits per heavy atom. The summed E-state index contributed by atoms with van der Waals surface area (Å²) in [5.41, 5.74) is -0.361. The van der Waals surface area contributed by atoms with Crippen molar-refractivity contribution in [3.05, 3.63) is 47.7 Å². The highest BCUT2D eigenvalue weighted by molar-refractivity contribution is 7.89. The monoisotopic (exact) mass is 356 g/mol. The van der Waals surface area contributed by atoms with E-state index in [1.807, 2.05) is 0 Å². The molecule has 1 aliphatic rings. The van der Waals surface area contributed by atoms with Gasteiger partial charge in [0.25, 0.3) is 15.9 Å². The van der Waals surface area contributed by atoms with Gasteiger partial charge in [0.1, 0.15) is 11.6 Å². The van der Waals surface area contributed by atoms with Gasteiger partial charge in [-0.05, 0) is 37.1 Å². The third-order valence-corrected chi connectivity index (χ3v) is 5.41. The molecule has 1 aromatic heterocycles. The summed E-state index contributed by atoms with van der Waals surface area (Å²) < 4.78 is 57.7. The Morgan fingerprint density at radius 1 is 1.12 bits per heavy atom. The van der Waals surface area contributed by atoms with E-state index in [0.29, 0.717) is 13.1 Å². The van der Waals surface area contributed by atoms with Crippen LogP contribution in [0.2, 0.25) is 0 Å². The average Bonchev–Trinajstić information content (AvgIpc) is 3.22. The molecule has 0 atom stereocenters. The second-order valence-corrected chi connectivity index (χ2v) is 7.18. The third kappa shape index (κ3) is 3.17. The highest BCUT2D eigenvalue weighted by Gasteiger charge is 2.30. The third-order valence-electron chi connectivity index (χ3n) is 3.64. The normalized spacial score (nSPS) is 15.6. The first-order valence-corrected chi connectivity index (χ1v) is 8.68. The first kappa shape index (κ1) is 16.6. The number of hydrogen-bond donors (Lipinski definition) is 1. The zero-order chi connectivity index (χ0) is 17.3. The molecule has 1 amide bonds. The van der Waals surface area contributed by atoms with Crippen molar-refractivity contribution >= 4 is 21.6 Å². The molecule has 1 aliphatic heterocycles. The van der Waals surface area contributed by atoms with Gasteiger partial charge < -0.3 is 9.73 Å². The van der Waals surface area contributed by atoms with E-state index in [9.17, 15) is 22.0 Å². The van der Waals surface area contributed by atoms with Crippen molar-refractivity contribution in [1.82, 2.24) is 4.31 Å². The van der Waals surface area contributed by atoms with Crippen LogP contribution in [0.4, 0.5) is 14.5 Å². The van der Waals surface area contributed by atoms with Crippen LogP contribution in [0.15, 0.2) is 39.8 Å². The molecule has 6 nitrogen and oxygen atoms in total. The summed E-state index contributed by atoms with van der Waals surface area (Å²) in [6.07, 6.45) is 1.54. The molecule has 0 bridgehead atoms. The molecular weight excluding hydrogens is 342 g/mol. The number of halogens is 2. The number of rotatable bonds is 4. The molecule has 24 heavy (non-hydrogen) atoms. The van der Waals surface area contributed by atoms with Gasteiger partial charge in [0.15, 0.2) is 5.76 Å². The average molecular weight is 356 g/mol. The molecule has 1 saturated heterocycles. The summed E-state index contributed by atoms with van der Waals surface area (Å²) in [5, 5.41) is 1.79. The molecule has 0 aliphatic carbocycles. The van der Waals surface area contributed by atoms with Gasteiger partial charge in [0.05, 0.1) is 5.69 Å². The van der Waals surface area contributed by atoms with Crippen LogP contribution < -0.4 is 5.32 Å². The standard InChI is InChI=1S/C15H14F2N2O4S/c16-10-3-4-11(17)12(9-10)18-15(20)13-5-6-14(23-13)24(21,22)19-7-1-2-8-19/h3-6,9H,1-2,7-8H2,(H,18,20). The fourth-order valence-corrected chi connectivity index (χ4v) is 3.84. The van der Waals surface area contributed by atoms with Crippen LogP contribution in [-0.2, 0) is 10.0 Å². The van der Waals surface area contributed by atoms with E-state index >= 15 is 0 Å². The summed E-state index contributed by atoms with van der Waals surface area (Å²) in [4.78, 5) is 12.0. The highest BCUT2D eigenvalue weighted by Crippen LogP contribution is 2.23. The number of nitrogens with one attached hydrogen (secondary N) is 1. The molecule has 0 saturated carbocycles. The van der Waals surface area contributed by atoms with Crippen LogP contribution in [0.3, 0.4) is 0 Å². The lowest BCUT2D eigenvalue weighted by molar-refractivity contribution is 0.0991. The summed E-state index contributed by atoms with van der Waals surface area (Å²) >= 11 is 0. The molecule has 1 fully saturated rings. The zero-order valence-electron chi connectivity index (χ0n) is 12.5. The van der Waals surface area contributed by atoms with E-state index in [1.54, 1.807) is 0 Å². The van der Waals surface area contributed by atoms with E-state index in [4.69, 9.17) is 4.42 Å². The number of amides is 1. The fourth-order valence-electron chi connectivity index (χ4n) is 2.41. The number of hydrogen-bond acceptors (Lipinski definition) is 4. The molecule has 0 unspecified atom stereocenters. The van der Waals surface area contributed by atoms with Gasteiger partial charge in [0.2, 0.25) is 5.09 Å². The number of furan rings is 1. The van der Waals surface area contributed by atoms with Gasteiger partial charge in [0, 0.05) is 19.2 Å². The molecule has 2 aromatic rings. The van der Waals surface area contributed by atoms with E-state index in [-0.39, 0.29) is 16.5 Å². The minimum Gasteiger partial charge on any atom is -0.438 e. The van der Waals surface area contributed by atoms with E-state index < -0.39 is 27.6 Å². The first-order valence-electron chi connectivity index (χ1n) is 7.24. The number of nitrogens with zero attached hydrogens (tertiary/aromatic N) is 1. The van der Waals surface area contributed by atoms with Crippen molar-refractivity contribution in [3.63, 3.8) is 0 Å². The van der Waals surface area contributed by atoms with E-state index in [1.165, 1.54) is 16.4 Å². The Bertz CT molecular complexity index is 873. The molecule has 9 heteroatoms. The predicted molar refractivity (Wildman–Crippen MR) is 81.0 cm³/mol. The van der Waals surface area contributed by atoms with Crippen molar-refractivity contribution < 1.29 is 26.4 Å². The predicted octanol–water partition coefficient (Wildman–Crippen LogP) is 2.59. The Balaban J connectivity index is 1.80. The van der Waals surface area contributed by atoms with Crippen molar-refractivity contribution in [1.29, 1.82) is 0 Å². The number of anilines is 1. The minimum atomic E-state index is -3.79. The van der Waals surface area contributed by atoms with Gasteiger partial charge in [-0.3, -0.25) is 4.79 Å². The zero-order valence-corrected chi connectivity index (χ0v) is 13.3. The van der Waals surface area contributed by atoms with Crippen molar-refractivity contribution in [2.75, 3.05) is 18.4 Å². The van der Waals surface area contributed by atoms with Crippen LogP contribution in [-0.4, -0.2) is 31.7 Å². The lowest BCUT2D eigenvalue weighted by atomic mass is 10.3. The highest BCUT2D eigenvalue weighted by atomic mass is 32.2. The Labute approximate surface area is 137 Å². The largest absolute Gasteiger partial charge is 0.438 e. The maximum Gasteiger partial charge on any atom is 0.291 e. The topological polar surface area (TPSA) is 79.6 Å². The van der Waals surface area contributed by atoms with Crippen LogP contribution in [0.1, 0.15) is 23.4 Å². The van der Waals surface area contributed by atoms with Gasteiger partial charge in [-0.2, -0.15) is 4.31 Å². The molecule has 128 valence electrons. The van der Waals surface area contributed by atoms with Crippen LogP contribution in [0.25, 0.3) is 0 Å². The number of carbonyl (C=O) groups is 1. The maximum absolute atomic E-state index is 13.5. The molecule has 2 heterocycles. The molecular formula is C15H14F2N2O4S. The second kappa shape index (κ2) is 6.33. The molecule has 1 aromatic carbocycles. The van der Waals surface area contributed by atoms with Crippen molar-refractivity contribution in [2.24, 2.45) is 0 Å². The van der Waals surface area contributed by atoms with Crippen molar-refractivity contribution in [2.45, 2.75) is 17.9 Å². The van der Waals surface area contributed by atoms with Gasteiger partial charge >= 0.3 is 0 Å². The van der Waals surface area contributed by atoms with Gasteiger partial charge in [-0.15, -0.1) is 0 Å². The van der Waals surface area contributed by atoms with E-state index in [0.717, 1.165) is 31.0 Å². The molecule has 3 rings (SSSR count). The Morgan fingerprint density at radius 3 is 2.54 bits per heavy atom. The Hall–Kier alpha value is -2.26. The quantitative estimate of drug-likeness (QED) is 0.913. The minimum absolute atomic E-state index is 0.309. The lowest BCUT2D eigenvalue weighted by Crippen LogP contribution is -2.27. The maximum atomic E-state index is 13.5. The molecule has 1 N–H and O–H groups in total. The molecule has 0 radical (unpaired) electrons. The number of benzene rings is 1. The summed E-state index contributed by atoms with van der Waals surface area (Å²) in [6, 6.07) is 4.95. The van der Waals surface area contributed by atoms with Crippen LogP contribution in [0.5, 0.6) is 0 Å². The van der Waals surface area contributed by atoms with Crippen LogP contribution in [0, 0.1) is 11.6 Å². The first-order chi connectivity index (χ1) is 11.4. The Kier molecular flexibility index (Phi) is 4.37. The SMILES string of the molecule is O=C(Nc1cc(F)ccc1F)c1ccc(S(=O)(=O)N2CCCC2)o1. The second-order valence-electron chi connectivity index (χ2n) is 5.31. The van der Waals surface area contributed by atoms with Crippen molar-refractivity contribution in [3.8, 4) is 0 Å². The van der Waals surface area contributed by atoms with E-state index in [2.05, 4.69) is 5.32 Å². The summed E-state index contributed by atoms with van der Waals surface area (Å²) in [7, 11) is -3.79. The smallest absolute Gasteiger partial charge is 0.291 e. The summed E-state index contributed by atoms with van der Waals surface area (Å²) in [6.45, 7) is 0.804. The fraction of sp³-hybridized carbons (Fsp3) is 0.267. The van der Waals surface area contributed by atoms with Gasteiger partial charge in [-0.1, -0.05) is 0 Å². The van der Waals surface area contributed by atoms with Gasteiger partial charge in [-0.25, -0.2) is 17.2 Å².